The first kappa shape index (κ1) is 14.6. The molecule has 2 atom stereocenters. The van der Waals surface area contributed by atoms with Crippen LogP contribution in [-0.2, 0) is 9.59 Å². The minimum Gasteiger partial charge on any atom is -0.480 e. The van der Waals surface area contributed by atoms with Crippen LogP contribution < -0.4 is 0 Å². The van der Waals surface area contributed by atoms with Gasteiger partial charge in [0.1, 0.15) is 6.04 Å². The average molecular weight is 279 g/mol. The third-order valence-corrected chi connectivity index (χ3v) is 2.57. The SMILES string of the molecule is O=C(O)[C@@H]1[C@@H](C(F)(F)F)CCN1C(=O)C(F)(F)F. The van der Waals surface area contributed by atoms with Crippen molar-refractivity contribution in [2.45, 2.75) is 24.8 Å². The molecule has 1 saturated heterocycles. The van der Waals surface area contributed by atoms with Gasteiger partial charge in [-0.3, -0.25) is 4.79 Å². The molecule has 0 unspecified atom stereocenters. The van der Waals surface area contributed by atoms with E-state index in [1.165, 1.54) is 0 Å². The molecule has 4 nitrogen and oxygen atoms in total. The summed E-state index contributed by atoms with van der Waals surface area (Å²) in [5.74, 6) is -7.16. The summed E-state index contributed by atoms with van der Waals surface area (Å²) in [5.41, 5.74) is 0. The lowest BCUT2D eigenvalue weighted by atomic mass is 10.00. The zero-order valence-corrected chi connectivity index (χ0v) is 8.55. The molecule has 0 aromatic carbocycles. The Balaban J connectivity index is 3.03. The number of nitrogens with zero attached hydrogens (tertiary/aromatic N) is 1. The maximum Gasteiger partial charge on any atom is 0.471 e. The van der Waals surface area contributed by atoms with E-state index in [9.17, 15) is 35.9 Å². The number of rotatable bonds is 1. The van der Waals surface area contributed by atoms with E-state index in [-0.39, 0.29) is 4.90 Å². The van der Waals surface area contributed by atoms with E-state index in [4.69, 9.17) is 5.11 Å². The summed E-state index contributed by atoms with van der Waals surface area (Å²) >= 11 is 0. The summed E-state index contributed by atoms with van der Waals surface area (Å²) < 4.78 is 73.6. The van der Waals surface area contributed by atoms with Gasteiger partial charge in [0, 0.05) is 6.54 Å². The smallest absolute Gasteiger partial charge is 0.471 e. The Hall–Kier alpha value is -1.48. The molecule has 1 aliphatic rings. The number of hydrogen-bond donors (Lipinski definition) is 1. The van der Waals surface area contributed by atoms with Crippen molar-refractivity contribution in [1.29, 1.82) is 0 Å². The van der Waals surface area contributed by atoms with E-state index in [1.807, 2.05) is 0 Å². The summed E-state index contributed by atoms with van der Waals surface area (Å²) in [7, 11) is 0. The first-order chi connectivity index (χ1) is 7.96. The van der Waals surface area contributed by atoms with Gasteiger partial charge in [-0.2, -0.15) is 26.3 Å². The number of carbonyl (C=O) groups is 2. The highest BCUT2D eigenvalue weighted by atomic mass is 19.4. The number of aliphatic carboxylic acids is 1. The second-order valence-electron chi connectivity index (χ2n) is 3.72. The van der Waals surface area contributed by atoms with Crippen molar-refractivity contribution in [3.8, 4) is 0 Å². The van der Waals surface area contributed by atoms with E-state index in [0.717, 1.165) is 0 Å². The van der Waals surface area contributed by atoms with Gasteiger partial charge in [-0.05, 0) is 6.42 Å². The van der Waals surface area contributed by atoms with Gasteiger partial charge in [0.05, 0.1) is 5.92 Å². The van der Waals surface area contributed by atoms with Crippen LogP contribution in [0.25, 0.3) is 0 Å². The minimum atomic E-state index is -5.39. The van der Waals surface area contributed by atoms with Crippen molar-refractivity contribution >= 4 is 11.9 Å². The average Bonchev–Trinajstić information content (AvgIpc) is 2.57. The summed E-state index contributed by atoms with van der Waals surface area (Å²) in [4.78, 5) is 21.2. The normalized spacial score (nSPS) is 25.3. The summed E-state index contributed by atoms with van der Waals surface area (Å²) in [6.07, 6.45) is -11.2. The number of carboxylic acids is 1. The van der Waals surface area contributed by atoms with Gasteiger partial charge in [0.2, 0.25) is 0 Å². The zero-order chi connectivity index (χ0) is 14.3. The van der Waals surface area contributed by atoms with Crippen molar-refractivity contribution in [3.05, 3.63) is 0 Å². The predicted octanol–water partition coefficient (Wildman–Crippen LogP) is 1.41. The Labute approximate surface area is 96.2 Å². The van der Waals surface area contributed by atoms with E-state index in [0.29, 0.717) is 0 Å². The van der Waals surface area contributed by atoms with Gasteiger partial charge in [-0.15, -0.1) is 0 Å². The second-order valence-corrected chi connectivity index (χ2v) is 3.72. The van der Waals surface area contributed by atoms with Crippen LogP contribution >= 0.6 is 0 Å². The third kappa shape index (κ3) is 2.67. The molecule has 104 valence electrons. The summed E-state index contributed by atoms with van der Waals surface area (Å²) in [6.45, 7) is -0.889. The van der Waals surface area contributed by atoms with Gasteiger partial charge >= 0.3 is 24.2 Å². The lowest BCUT2D eigenvalue weighted by molar-refractivity contribution is -0.200. The molecule has 0 aliphatic carbocycles. The standard InChI is InChI=1S/C8H7F6NO3/c9-7(10,11)3-1-2-15(4(3)5(16)17)6(18)8(12,13)14/h3-4H,1-2H2,(H,16,17)/t3-,4-/m0/s1. The predicted molar refractivity (Wildman–Crippen MR) is 43.4 cm³/mol. The molecule has 0 aromatic rings. The zero-order valence-electron chi connectivity index (χ0n) is 8.55. The molecule has 0 bridgehead atoms. The number of hydrogen-bond acceptors (Lipinski definition) is 2. The van der Waals surface area contributed by atoms with Crippen LogP contribution in [0.15, 0.2) is 0 Å². The van der Waals surface area contributed by atoms with Gasteiger partial charge < -0.3 is 10.0 Å². The molecule has 0 saturated carbocycles. The molecule has 1 fully saturated rings. The Kier molecular flexibility index (Phi) is 3.50. The number of carboxylic acid groups (broad SMARTS) is 1. The molecular weight excluding hydrogens is 272 g/mol. The fraction of sp³-hybridized carbons (Fsp3) is 0.750. The summed E-state index contributed by atoms with van der Waals surface area (Å²) in [5, 5.41) is 8.57. The number of alkyl halides is 6. The highest BCUT2D eigenvalue weighted by Crippen LogP contribution is 2.39. The van der Waals surface area contributed by atoms with Crippen LogP contribution in [0.3, 0.4) is 0 Å². The Bertz CT molecular complexity index is 363. The first-order valence-corrected chi connectivity index (χ1v) is 4.63. The van der Waals surface area contributed by atoms with Crippen molar-refractivity contribution in [1.82, 2.24) is 4.90 Å². The van der Waals surface area contributed by atoms with Crippen LogP contribution in [0.1, 0.15) is 6.42 Å². The van der Waals surface area contributed by atoms with Gasteiger partial charge in [0.25, 0.3) is 0 Å². The van der Waals surface area contributed by atoms with Gasteiger partial charge in [-0.1, -0.05) is 0 Å². The van der Waals surface area contributed by atoms with Crippen molar-refractivity contribution in [3.63, 3.8) is 0 Å². The first-order valence-electron chi connectivity index (χ1n) is 4.63. The van der Waals surface area contributed by atoms with Gasteiger partial charge in [0.15, 0.2) is 0 Å². The molecule has 1 N–H and O–H groups in total. The van der Waals surface area contributed by atoms with E-state index >= 15 is 0 Å². The fourth-order valence-corrected chi connectivity index (χ4v) is 1.83. The maximum atomic E-state index is 12.4. The molecule has 10 heteroatoms. The number of amides is 1. The molecule has 1 amide bonds. The van der Waals surface area contributed by atoms with E-state index in [1.54, 1.807) is 0 Å². The lowest BCUT2D eigenvalue weighted by Gasteiger charge is -2.26. The molecule has 1 rings (SSSR count). The molecule has 18 heavy (non-hydrogen) atoms. The lowest BCUT2D eigenvalue weighted by Crippen LogP contribution is -2.50. The molecule has 1 heterocycles. The Morgan fingerprint density at radius 2 is 1.61 bits per heavy atom. The van der Waals surface area contributed by atoms with Crippen LogP contribution in [0, 0.1) is 5.92 Å². The van der Waals surface area contributed by atoms with Crippen LogP contribution in [0.2, 0.25) is 0 Å². The Morgan fingerprint density at radius 1 is 1.11 bits per heavy atom. The number of halogens is 6. The van der Waals surface area contributed by atoms with E-state index < -0.39 is 49.2 Å². The van der Waals surface area contributed by atoms with Crippen molar-refractivity contribution in [2.24, 2.45) is 5.92 Å². The highest BCUT2D eigenvalue weighted by Gasteiger charge is 2.58. The molecule has 0 radical (unpaired) electrons. The minimum absolute atomic E-state index is 0.291. The molecule has 1 aliphatic heterocycles. The van der Waals surface area contributed by atoms with E-state index in [2.05, 4.69) is 0 Å². The molecule has 0 spiro atoms. The van der Waals surface area contributed by atoms with Crippen LogP contribution in [0.4, 0.5) is 26.3 Å². The van der Waals surface area contributed by atoms with Crippen molar-refractivity contribution < 1.29 is 41.0 Å². The fourth-order valence-electron chi connectivity index (χ4n) is 1.83. The second kappa shape index (κ2) is 4.32. The number of likely N-dealkylation sites (tertiary alicyclic amines) is 1. The monoisotopic (exact) mass is 279 g/mol. The van der Waals surface area contributed by atoms with Crippen molar-refractivity contribution in [2.75, 3.05) is 6.54 Å². The largest absolute Gasteiger partial charge is 0.480 e. The van der Waals surface area contributed by atoms with Crippen LogP contribution in [-0.4, -0.2) is 46.8 Å². The molecule has 0 aromatic heterocycles. The number of carbonyl (C=O) groups excluding carboxylic acids is 1. The summed E-state index contributed by atoms with van der Waals surface area (Å²) in [6, 6.07) is -2.53. The third-order valence-electron chi connectivity index (χ3n) is 2.57. The molecular formula is C8H7F6NO3. The maximum absolute atomic E-state index is 12.4. The van der Waals surface area contributed by atoms with Crippen LogP contribution in [0.5, 0.6) is 0 Å². The quantitative estimate of drug-likeness (QED) is 0.738. The topological polar surface area (TPSA) is 57.6 Å². The highest BCUT2D eigenvalue weighted by molar-refractivity contribution is 5.87. The Morgan fingerprint density at radius 3 is 1.94 bits per heavy atom. The van der Waals surface area contributed by atoms with Gasteiger partial charge in [-0.25, -0.2) is 4.79 Å².